The average molecular weight is 717 g/mol. The summed E-state index contributed by atoms with van der Waals surface area (Å²) in [6.07, 6.45) is 6.88. The van der Waals surface area contributed by atoms with Crippen LogP contribution in [0.3, 0.4) is 0 Å². The van der Waals surface area contributed by atoms with Gasteiger partial charge in [0.15, 0.2) is 0 Å². The lowest BCUT2D eigenvalue weighted by molar-refractivity contribution is -0.169. The Morgan fingerprint density at radius 1 is 1.12 bits per heavy atom. The third-order valence-electron chi connectivity index (χ3n) is 9.73. The molecule has 0 bridgehead atoms. The van der Waals surface area contributed by atoms with E-state index in [9.17, 15) is 10.1 Å². The number of tetrazole rings is 1. The van der Waals surface area contributed by atoms with Gasteiger partial charge in [0.1, 0.15) is 18.2 Å². The highest BCUT2D eigenvalue weighted by Gasteiger charge is 2.33. The van der Waals surface area contributed by atoms with Crippen LogP contribution in [0.5, 0.6) is 0 Å². The van der Waals surface area contributed by atoms with Crippen molar-refractivity contribution in [3.05, 3.63) is 41.9 Å². The summed E-state index contributed by atoms with van der Waals surface area (Å²) in [7, 11) is 0. The third kappa shape index (κ3) is 10.7. The van der Waals surface area contributed by atoms with Crippen LogP contribution in [0.25, 0.3) is 11.3 Å². The highest BCUT2D eigenvalue weighted by Crippen LogP contribution is 2.31. The second-order valence-electron chi connectivity index (χ2n) is 15.7. The van der Waals surface area contributed by atoms with Crippen molar-refractivity contribution in [1.82, 2.24) is 35.5 Å². The maximum absolute atomic E-state index is 12.5. The van der Waals surface area contributed by atoms with Gasteiger partial charge in [0, 0.05) is 55.6 Å². The molecule has 0 aromatic carbocycles. The minimum atomic E-state index is -0.634. The lowest BCUT2D eigenvalue weighted by Gasteiger charge is -2.32. The Labute approximate surface area is 307 Å². The zero-order chi connectivity index (χ0) is 37.3. The summed E-state index contributed by atoms with van der Waals surface area (Å²) in [6, 6.07) is 11.5. The predicted molar refractivity (Wildman–Crippen MR) is 198 cm³/mol. The molecule has 5 rings (SSSR count). The number of esters is 1. The maximum atomic E-state index is 12.5. The van der Waals surface area contributed by atoms with Crippen LogP contribution in [-0.2, 0) is 25.6 Å². The Balaban J connectivity index is 1.05. The van der Waals surface area contributed by atoms with E-state index in [-0.39, 0.29) is 24.5 Å². The van der Waals surface area contributed by atoms with Crippen LogP contribution in [0, 0.1) is 35.0 Å². The van der Waals surface area contributed by atoms with Gasteiger partial charge in [0.2, 0.25) is 12.1 Å². The smallest absolute Gasteiger partial charge is 0.313 e. The molecular weight excluding hydrogens is 660 g/mol. The van der Waals surface area contributed by atoms with Crippen LogP contribution in [0.15, 0.2) is 30.5 Å². The van der Waals surface area contributed by atoms with E-state index in [0.29, 0.717) is 44.3 Å². The van der Waals surface area contributed by atoms with Crippen molar-refractivity contribution in [2.75, 3.05) is 37.0 Å². The quantitative estimate of drug-likeness (QED) is 0.160. The molecule has 2 aliphatic rings. The van der Waals surface area contributed by atoms with Crippen molar-refractivity contribution < 1.29 is 19.0 Å². The van der Waals surface area contributed by atoms with Gasteiger partial charge < -0.3 is 30.2 Å². The number of rotatable bonds is 15. The molecule has 52 heavy (non-hydrogen) atoms. The molecule has 0 amide bonds. The summed E-state index contributed by atoms with van der Waals surface area (Å²) in [6.45, 7) is 16.0. The molecule has 0 radical (unpaired) electrons. The number of hydrogen-bond acceptors (Lipinski definition) is 13. The number of aromatic nitrogens is 6. The van der Waals surface area contributed by atoms with Gasteiger partial charge in [0.05, 0.1) is 29.2 Å². The molecule has 1 aliphatic carbocycles. The zero-order valence-corrected chi connectivity index (χ0v) is 31.8. The molecule has 1 saturated carbocycles. The van der Waals surface area contributed by atoms with E-state index in [0.717, 1.165) is 67.0 Å². The number of hydrogen-bond donors (Lipinski definition) is 3. The van der Waals surface area contributed by atoms with Gasteiger partial charge >= 0.3 is 5.97 Å². The first-order valence-electron chi connectivity index (χ1n) is 18.6. The van der Waals surface area contributed by atoms with Crippen molar-refractivity contribution in [2.24, 2.45) is 16.7 Å². The normalized spacial score (nSPS) is 20.1. The molecule has 0 unspecified atom stereocenters. The maximum Gasteiger partial charge on any atom is 0.313 e. The van der Waals surface area contributed by atoms with Crippen LogP contribution in [0.1, 0.15) is 97.7 Å². The Bertz CT molecular complexity index is 1650. The summed E-state index contributed by atoms with van der Waals surface area (Å²) in [5, 5.41) is 33.3. The van der Waals surface area contributed by atoms with Gasteiger partial charge in [-0.05, 0) is 102 Å². The fraction of sp³-hybridized carbons (Fsp3) is 0.658. The molecule has 2 atom stereocenters. The second-order valence-corrected chi connectivity index (χ2v) is 15.7. The second kappa shape index (κ2) is 17.6. The number of ether oxygens (including phenoxy) is 3. The highest BCUT2D eigenvalue weighted by atomic mass is 16.6. The number of anilines is 2. The standard InChI is InChI=1S/C38H56N10O4/c1-25(2)35(52-36(49)37(5,6)7)48-46-34(45-47-48)22-51-21-27(4)42-28-11-13-29(14-12-28)43-33-19-30(26(3)20-40-33)31-9-8-10-32(44-31)41-24-38(23-39)15-17-50-18-16-38/h8-10,19-20,25,27-29,35,42H,11-18,21-22,24H2,1-7H3,(H,40,43)(H,41,44)/t27-,28-,29-,35+/m0/s1. The van der Waals surface area contributed by atoms with Crippen molar-refractivity contribution in [1.29, 1.82) is 5.26 Å². The number of nitriles is 1. The summed E-state index contributed by atoms with van der Waals surface area (Å²) in [4.78, 5) is 23.4. The van der Waals surface area contributed by atoms with Gasteiger partial charge in [-0.3, -0.25) is 4.79 Å². The van der Waals surface area contributed by atoms with Gasteiger partial charge in [0.25, 0.3) is 0 Å². The molecule has 0 spiro atoms. The molecule has 1 aliphatic heterocycles. The topological polar surface area (TPSA) is 174 Å². The molecule has 2 fully saturated rings. The Hall–Kier alpha value is -4.19. The highest BCUT2D eigenvalue weighted by molar-refractivity contribution is 5.75. The molecule has 3 aromatic heterocycles. The SMILES string of the molecule is Cc1cnc(N[C@H]2CC[C@H](N[C@@H](C)COCc3nnn([C@H](OC(=O)C(C)(C)C)C(C)C)n3)CC2)cc1-c1cccc(NCC2(C#N)CCOCC2)n1. The van der Waals surface area contributed by atoms with Gasteiger partial charge in [-0.2, -0.15) is 5.26 Å². The first-order valence-corrected chi connectivity index (χ1v) is 18.6. The summed E-state index contributed by atoms with van der Waals surface area (Å²) in [5.74, 6) is 1.72. The van der Waals surface area contributed by atoms with E-state index in [1.165, 1.54) is 4.80 Å². The monoisotopic (exact) mass is 716 g/mol. The number of carbonyl (C=O) groups excluding carboxylic acids is 1. The van der Waals surface area contributed by atoms with E-state index < -0.39 is 17.1 Å². The largest absolute Gasteiger partial charge is 0.437 e. The van der Waals surface area contributed by atoms with E-state index in [1.54, 1.807) is 0 Å². The van der Waals surface area contributed by atoms with Gasteiger partial charge in [-0.25, -0.2) is 9.97 Å². The molecular formula is C38H56N10O4. The summed E-state index contributed by atoms with van der Waals surface area (Å²) >= 11 is 0. The lowest BCUT2D eigenvalue weighted by Crippen LogP contribution is -2.43. The van der Waals surface area contributed by atoms with Crippen LogP contribution >= 0.6 is 0 Å². The fourth-order valence-corrected chi connectivity index (χ4v) is 6.46. The lowest BCUT2D eigenvalue weighted by atomic mass is 9.82. The molecule has 4 heterocycles. The molecule has 1 saturated heterocycles. The van der Waals surface area contributed by atoms with E-state index in [2.05, 4.69) is 57.3 Å². The molecule has 282 valence electrons. The number of nitrogens with one attached hydrogen (secondary N) is 3. The Morgan fingerprint density at radius 3 is 2.54 bits per heavy atom. The molecule has 3 N–H and O–H groups in total. The minimum Gasteiger partial charge on any atom is -0.437 e. The van der Waals surface area contributed by atoms with Crippen molar-refractivity contribution >= 4 is 17.6 Å². The Kier molecular flexibility index (Phi) is 13.2. The van der Waals surface area contributed by atoms with Crippen LogP contribution in [0.4, 0.5) is 11.6 Å². The van der Waals surface area contributed by atoms with Crippen LogP contribution in [0.2, 0.25) is 0 Å². The summed E-state index contributed by atoms with van der Waals surface area (Å²) in [5.41, 5.74) is 1.91. The fourth-order valence-electron chi connectivity index (χ4n) is 6.46. The first kappa shape index (κ1) is 39.0. The first-order chi connectivity index (χ1) is 24.8. The third-order valence-corrected chi connectivity index (χ3v) is 9.73. The van der Waals surface area contributed by atoms with Crippen molar-refractivity contribution in [2.45, 2.75) is 118 Å². The van der Waals surface area contributed by atoms with Crippen LogP contribution in [-0.4, -0.2) is 80.6 Å². The summed E-state index contributed by atoms with van der Waals surface area (Å²) < 4.78 is 17.1. The van der Waals surface area contributed by atoms with E-state index in [1.807, 2.05) is 59.0 Å². The van der Waals surface area contributed by atoms with Gasteiger partial charge in [-0.1, -0.05) is 19.9 Å². The van der Waals surface area contributed by atoms with Crippen LogP contribution < -0.4 is 16.0 Å². The Morgan fingerprint density at radius 2 is 1.85 bits per heavy atom. The minimum absolute atomic E-state index is 0.0229. The molecule has 3 aromatic rings. The van der Waals surface area contributed by atoms with E-state index in [4.69, 9.17) is 24.2 Å². The molecule has 14 heteroatoms. The number of nitrogens with zero attached hydrogens (tertiary/aromatic N) is 7. The van der Waals surface area contributed by atoms with Crippen molar-refractivity contribution in [3.63, 3.8) is 0 Å². The molecule has 14 nitrogen and oxygen atoms in total. The number of carbonyl (C=O) groups is 1. The average Bonchev–Trinajstić information content (AvgIpc) is 3.59. The number of aryl methyl sites for hydroxylation is 1. The van der Waals surface area contributed by atoms with E-state index >= 15 is 0 Å². The van der Waals surface area contributed by atoms with Gasteiger partial charge in [-0.15, -0.1) is 15.0 Å². The number of pyridine rings is 2. The predicted octanol–water partition coefficient (Wildman–Crippen LogP) is 5.83. The zero-order valence-electron chi connectivity index (χ0n) is 31.8. The van der Waals surface area contributed by atoms with Crippen molar-refractivity contribution in [3.8, 4) is 17.3 Å².